The van der Waals surface area contributed by atoms with Gasteiger partial charge in [0.1, 0.15) is 0 Å². The molecule has 0 saturated carbocycles. The van der Waals surface area contributed by atoms with Gasteiger partial charge in [0.05, 0.1) is 23.4 Å². The highest BCUT2D eigenvalue weighted by Gasteiger charge is 2.30. The average molecular weight is 415 g/mol. The van der Waals surface area contributed by atoms with E-state index in [1.165, 1.54) is 12.1 Å². The lowest BCUT2D eigenvalue weighted by Gasteiger charge is -2.17. The van der Waals surface area contributed by atoms with Crippen molar-refractivity contribution in [2.45, 2.75) is 25.1 Å². The molecule has 1 aromatic carbocycles. The number of aromatic nitrogens is 3. The van der Waals surface area contributed by atoms with Gasteiger partial charge in [0.15, 0.2) is 0 Å². The second kappa shape index (κ2) is 8.17. The molecule has 1 fully saturated rings. The standard InChI is InChI=1S/C21H20F3N5O/c22-21(23,24)15-5-3-14(4-6-15)12-19(30)27-16-8-11-29(13-16)20-26-10-7-18(28-20)17-2-1-9-25-17/h1-7,9-10,16,25H,8,11-13H2,(H,27,30). The number of carbonyl (C=O) groups excluding carboxylic acids is 1. The zero-order valence-corrected chi connectivity index (χ0v) is 16.0. The molecule has 1 aliphatic rings. The van der Waals surface area contributed by atoms with Crippen molar-refractivity contribution >= 4 is 11.9 Å². The monoisotopic (exact) mass is 415 g/mol. The average Bonchev–Trinajstić information content (AvgIpc) is 3.40. The molecule has 0 bridgehead atoms. The number of amides is 1. The second-order valence-electron chi connectivity index (χ2n) is 7.20. The number of alkyl halides is 3. The molecule has 0 aliphatic carbocycles. The number of aromatic amines is 1. The van der Waals surface area contributed by atoms with Crippen LogP contribution in [0.3, 0.4) is 0 Å². The molecule has 9 heteroatoms. The van der Waals surface area contributed by atoms with Crippen molar-refractivity contribution in [3.8, 4) is 11.4 Å². The number of halogens is 3. The smallest absolute Gasteiger partial charge is 0.360 e. The Bertz CT molecular complexity index is 1000. The quantitative estimate of drug-likeness (QED) is 0.670. The van der Waals surface area contributed by atoms with Gasteiger partial charge in [-0.1, -0.05) is 12.1 Å². The van der Waals surface area contributed by atoms with Gasteiger partial charge in [0.2, 0.25) is 11.9 Å². The highest BCUT2D eigenvalue weighted by molar-refractivity contribution is 5.79. The number of carbonyl (C=O) groups is 1. The summed E-state index contributed by atoms with van der Waals surface area (Å²) in [5, 5.41) is 2.95. The van der Waals surface area contributed by atoms with Crippen molar-refractivity contribution in [2.24, 2.45) is 0 Å². The van der Waals surface area contributed by atoms with Crippen molar-refractivity contribution in [3.63, 3.8) is 0 Å². The van der Waals surface area contributed by atoms with Gasteiger partial charge in [-0.05, 0) is 42.3 Å². The normalized spacial score (nSPS) is 16.6. The Balaban J connectivity index is 1.33. The van der Waals surface area contributed by atoms with Gasteiger partial charge in [-0.2, -0.15) is 13.2 Å². The van der Waals surface area contributed by atoms with Crippen LogP contribution in [0, 0.1) is 0 Å². The zero-order valence-electron chi connectivity index (χ0n) is 16.0. The first-order chi connectivity index (χ1) is 14.4. The number of benzene rings is 1. The van der Waals surface area contributed by atoms with E-state index in [0.717, 1.165) is 29.9 Å². The van der Waals surface area contributed by atoms with Crippen LogP contribution in [-0.4, -0.2) is 40.0 Å². The van der Waals surface area contributed by atoms with E-state index in [1.807, 2.05) is 29.3 Å². The van der Waals surface area contributed by atoms with Crippen LogP contribution in [0.1, 0.15) is 17.5 Å². The molecule has 30 heavy (non-hydrogen) atoms. The highest BCUT2D eigenvalue weighted by Crippen LogP contribution is 2.29. The van der Waals surface area contributed by atoms with E-state index >= 15 is 0 Å². The molecule has 1 unspecified atom stereocenters. The molecule has 6 nitrogen and oxygen atoms in total. The highest BCUT2D eigenvalue weighted by atomic mass is 19.4. The molecule has 1 saturated heterocycles. The van der Waals surface area contributed by atoms with Crippen LogP contribution in [0.4, 0.5) is 19.1 Å². The Morgan fingerprint density at radius 3 is 2.70 bits per heavy atom. The molecule has 0 spiro atoms. The van der Waals surface area contributed by atoms with Crippen molar-refractivity contribution < 1.29 is 18.0 Å². The van der Waals surface area contributed by atoms with Crippen molar-refractivity contribution in [1.82, 2.24) is 20.3 Å². The maximum absolute atomic E-state index is 12.6. The van der Waals surface area contributed by atoms with Crippen molar-refractivity contribution in [3.05, 3.63) is 66.0 Å². The van der Waals surface area contributed by atoms with E-state index in [1.54, 1.807) is 6.20 Å². The largest absolute Gasteiger partial charge is 0.416 e. The van der Waals surface area contributed by atoms with E-state index in [9.17, 15) is 18.0 Å². The fraction of sp³-hybridized carbons (Fsp3) is 0.286. The summed E-state index contributed by atoms with van der Waals surface area (Å²) in [7, 11) is 0. The van der Waals surface area contributed by atoms with Crippen LogP contribution < -0.4 is 10.2 Å². The number of rotatable bonds is 5. The third kappa shape index (κ3) is 4.61. The summed E-state index contributed by atoms with van der Waals surface area (Å²) in [5.74, 6) is 0.379. The molecule has 2 aromatic heterocycles. The first kappa shape index (κ1) is 19.9. The lowest BCUT2D eigenvalue weighted by atomic mass is 10.1. The van der Waals surface area contributed by atoms with E-state index in [-0.39, 0.29) is 18.4 Å². The molecule has 1 aliphatic heterocycles. The summed E-state index contributed by atoms with van der Waals surface area (Å²) in [6.45, 7) is 1.28. The van der Waals surface area contributed by atoms with E-state index in [2.05, 4.69) is 20.3 Å². The minimum Gasteiger partial charge on any atom is -0.360 e. The van der Waals surface area contributed by atoms with Gasteiger partial charge >= 0.3 is 6.18 Å². The first-order valence-corrected chi connectivity index (χ1v) is 9.56. The summed E-state index contributed by atoms with van der Waals surface area (Å²) in [5.41, 5.74) is 1.51. The lowest BCUT2D eigenvalue weighted by molar-refractivity contribution is -0.137. The van der Waals surface area contributed by atoms with E-state index in [4.69, 9.17) is 0 Å². The maximum atomic E-state index is 12.6. The van der Waals surface area contributed by atoms with E-state index in [0.29, 0.717) is 24.6 Å². The number of anilines is 1. The molecule has 1 amide bonds. The van der Waals surface area contributed by atoms with Crippen LogP contribution in [0.5, 0.6) is 0 Å². The Labute approximate surface area is 171 Å². The maximum Gasteiger partial charge on any atom is 0.416 e. The Morgan fingerprint density at radius 1 is 1.20 bits per heavy atom. The molecule has 156 valence electrons. The molecule has 2 N–H and O–H groups in total. The Hall–Kier alpha value is -3.36. The summed E-state index contributed by atoms with van der Waals surface area (Å²) in [4.78, 5) is 26.4. The second-order valence-corrected chi connectivity index (χ2v) is 7.20. The summed E-state index contributed by atoms with van der Waals surface area (Å²) in [6.07, 6.45) is -0.0686. The van der Waals surface area contributed by atoms with Gasteiger partial charge in [-0.3, -0.25) is 4.79 Å². The third-order valence-electron chi connectivity index (χ3n) is 5.00. The molecule has 0 radical (unpaired) electrons. The number of nitrogens with one attached hydrogen (secondary N) is 2. The predicted octanol–water partition coefficient (Wildman–Crippen LogP) is 3.43. The first-order valence-electron chi connectivity index (χ1n) is 9.56. The van der Waals surface area contributed by atoms with Gasteiger partial charge in [0.25, 0.3) is 0 Å². The molecule has 3 aromatic rings. The van der Waals surface area contributed by atoms with Crippen LogP contribution in [0.15, 0.2) is 54.9 Å². The minimum atomic E-state index is -4.38. The topological polar surface area (TPSA) is 73.9 Å². The van der Waals surface area contributed by atoms with Crippen molar-refractivity contribution in [1.29, 1.82) is 0 Å². The van der Waals surface area contributed by atoms with Crippen molar-refractivity contribution in [2.75, 3.05) is 18.0 Å². The van der Waals surface area contributed by atoms with Crippen LogP contribution in [-0.2, 0) is 17.4 Å². The predicted molar refractivity (Wildman–Crippen MR) is 106 cm³/mol. The number of hydrogen-bond acceptors (Lipinski definition) is 4. The lowest BCUT2D eigenvalue weighted by Crippen LogP contribution is -2.38. The van der Waals surface area contributed by atoms with Gasteiger partial charge < -0.3 is 15.2 Å². The van der Waals surface area contributed by atoms with E-state index < -0.39 is 11.7 Å². The molecule has 3 heterocycles. The molecular formula is C21H20F3N5O. The SMILES string of the molecule is O=C(Cc1ccc(C(F)(F)F)cc1)NC1CCN(c2nccc(-c3ccc[nH]3)n2)C1. The van der Waals surface area contributed by atoms with Gasteiger partial charge in [0, 0.05) is 31.5 Å². The summed E-state index contributed by atoms with van der Waals surface area (Å²) in [6, 6.07) is 10.3. The number of hydrogen-bond donors (Lipinski definition) is 2. The third-order valence-corrected chi connectivity index (χ3v) is 5.00. The number of nitrogens with zero attached hydrogens (tertiary/aromatic N) is 3. The molecular weight excluding hydrogens is 395 g/mol. The number of H-pyrrole nitrogens is 1. The summed E-state index contributed by atoms with van der Waals surface area (Å²) < 4.78 is 37.9. The van der Waals surface area contributed by atoms with Gasteiger partial charge in [-0.25, -0.2) is 9.97 Å². The zero-order chi connectivity index (χ0) is 21.1. The van der Waals surface area contributed by atoms with Gasteiger partial charge in [-0.15, -0.1) is 0 Å². The Kier molecular flexibility index (Phi) is 5.43. The van der Waals surface area contributed by atoms with Crippen LogP contribution in [0.25, 0.3) is 11.4 Å². The fourth-order valence-corrected chi connectivity index (χ4v) is 3.48. The van der Waals surface area contributed by atoms with Crippen LogP contribution in [0.2, 0.25) is 0 Å². The Morgan fingerprint density at radius 2 is 2.00 bits per heavy atom. The molecule has 4 rings (SSSR count). The minimum absolute atomic E-state index is 0.0352. The molecule has 1 atom stereocenters. The fourth-order valence-electron chi connectivity index (χ4n) is 3.48. The van der Waals surface area contributed by atoms with Crippen LogP contribution >= 0.6 is 0 Å². The summed E-state index contributed by atoms with van der Waals surface area (Å²) >= 11 is 0.